The van der Waals surface area contributed by atoms with E-state index in [1.54, 1.807) is 0 Å². The smallest absolute Gasteiger partial charge is 0.0838 e. The van der Waals surface area contributed by atoms with E-state index in [0.29, 0.717) is 12.2 Å². The molecule has 0 bridgehead atoms. The van der Waals surface area contributed by atoms with Gasteiger partial charge in [-0.05, 0) is 51.9 Å². The zero-order valence-electron chi connectivity index (χ0n) is 10.2. The van der Waals surface area contributed by atoms with E-state index in [0.717, 1.165) is 38.7 Å². The number of aliphatic hydroxyl groups excluding tert-OH is 1. The second kappa shape index (κ2) is 5.99. The lowest BCUT2D eigenvalue weighted by molar-refractivity contribution is -0.0334. The normalized spacial score (nSPS) is 36.8. The molecule has 4 atom stereocenters. The summed E-state index contributed by atoms with van der Waals surface area (Å²) in [6.07, 6.45) is 8.12. The number of ether oxygens (including phenoxy) is 2. The fraction of sp³-hybridized carbons (Fsp3) is 1.00. The second-order valence-corrected chi connectivity index (χ2v) is 5.20. The SMILES string of the molecule is CC1CCC(C(O)CCCC2CCCO2)O1. The van der Waals surface area contributed by atoms with E-state index < -0.39 is 0 Å². The monoisotopic (exact) mass is 228 g/mol. The van der Waals surface area contributed by atoms with Crippen molar-refractivity contribution in [1.82, 2.24) is 0 Å². The van der Waals surface area contributed by atoms with Crippen molar-refractivity contribution < 1.29 is 14.6 Å². The Hall–Kier alpha value is -0.120. The molecule has 2 heterocycles. The highest BCUT2D eigenvalue weighted by Crippen LogP contribution is 2.25. The van der Waals surface area contributed by atoms with Crippen LogP contribution in [0.2, 0.25) is 0 Å². The zero-order chi connectivity index (χ0) is 11.4. The molecule has 3 nitrogen and oxygen atoms in total. The van der Waals surface area contributed by atoms with Crippen molar-refractivity contribution in [3.8, 4) is 0 Å². The molecule has 2 aliphatic heterocycles. The lowest BCUT2D eigenvalue weighted by atomic mass is 10.0. The molecule has 0 aliphatic carbocycles. The fourth-order valence-corrected chi connectivity index (χ4v) is 2.73. The minimum Gasteiger partial charge on any atom is -0.390 e. The van der Waals surface area contributed by atoms with E-state index >= 15 is 0 Å². The molecule has 4 unspecified atom stereocenters. The van der Waals surface area contributed by atoms with E-state index in [1.807, 2.05) is 0 Å². The molecule has 2 saturated heterocycles. The van der Waals surface area contributed by atoms with Crippen LogP contribution in [0.1, 0.15) is 51.9 Å². The average Bonchev–Trinajstić information content (AvgIpc) is 2.89. The van der Waals surface area contributed by atoms with Crippen LogP contribution in [0.25, 0.3) is 0 Å². The van der Waals surface area contributed by atoms with Crippen molar-refractivity contribution in [3.63, 3.8) is 0 Å². The number of hydrogen-bond acceptors (Lipinski definition) is 3. The maximum atomic E-state index is 9.97. The summed E-state index contributed by atoms with van der Waals surface area (Å²) in [4.78, 5) is 0. The Bertz CT molecular complexity index is 201. The Morgan fingerprint density at radius 2 is 2.19 bits per heavy atom. The Kier molecular flexibility index (Phi) is 4.62. The summed E-state index contributed by atoms with van der Waals surface area (Å²) < 4.78 is 11.2. The van der Waals surface area contributed by atoms with Crippen LogP contribution >= 0.6 is 0 Å². The highest BCUT2D eigenvalue weighted by atomic mass is 16.5. The van der Waals surface area contributed by atoms with Gasteiger partial charge in [0, 0.05) is 6.61 Å². The van der Waals surface area contributed by atoms with Gasteiger partial charge in [-0.1, -0.05) is 0 Å². The molecule has 0 spiro atoms. The lowest BCUT2D eigenvalue weighted by Gasteiger charge is -2.19. The first-order chi connectivity index (χ1) is 7.75. The summed E-state index contributed by atoms with van der Waals surface area (Å²) >= 11 is 0. The highest BCUT2D eigenvalue weighted by Gasteiger charge is 2.28. The van der Waals surface area contributed by atoms with Gasteiger partial charge in [-0.25, -0.2) is 0 Å². The van der Waals surface area contributed by atoms with E-state index in [9.17, 15) is 5.11 Å². The molecule has 1 N–H and O–H groups in total. The van der Waals surface area contributed by atoms with Gasteiger partial charge in [0.25, 0.3) is 0 Å². The molecule has 2 fully saturated rings. The maximum Gasteiger partial charge on any atom is 0.0838 e. The maximum absolute atomic E-state index is 9.97. The van der Waals surface area contributed by atoms with Crippen LogP contribution in [0, 0.1) is 0 Å². The minimum atomic E-state index is -0.272. The van der Waals surface area contributed by atoms with Crippen LogP contribution in [0.3, 0.4) is 0 Å². The molecule has 0 aromatic heterocycles. The van der Waals surface area contributed by atoms with Crippen LogP contribution in [0.15, 0.2) is 0 Å². The highest BCUT2D eigenvalue weighted by molar-refractivity contribution is 4.77. The van der Waals surface area contributed by atoms with Crippen molar-refractivity contribution in [2.24, 2.45) is 0 Å². The molecule has 0 radical (unpaired) electrons. The molecular formula is C13H24O3. The summed E-state index contributed by atoms with van der Waals surface area (Å²) in [5, 5.41) is 9.97. The largest absolute Gasteiger partial charge is 0.390 e. The van der Waals surface area contributed by atoms with E-state index in [1.165, 1.54) is 12.8 Å². The van der Waals surface area contributed by atoms with Crippen molar-refractivity contribution >= 4 is 0 Å². The lowest BCUT2D eigenvalue weighted by Crippen LogP contribution is -2.26. The molecule has 3 heteroatoms. The molecule has 2 rings (SSSR count). The molecule has 0 saturated carbocycles. The first-order valence-electron chi connectivity index (χ1n) is 6.71. The number of hydrogen-bond donors (Lipinski definition) is 1. The Balaban J connectivity index is 1.58. The van der Waals surface area contributed by atoms with E-state index in [2.05, 4.69) is 6.92 Å². The quantitative estimate of drug-likeness (QED) is 0.784. The van der Waals surface area contributed by atoms with E-state index in [4.69, 9.17) is 9.47 Å². The molecule has 94 valence electrons. The molecule has 2 aliphatic rings. The predicted octanol–water partition coefficient (Wildman–Crippen LogP) is 2.26. The Morgan fingerprint density at radius 3 is 2.81 bits per heavy atom. The van der Waals surface area contributed by atoms with Crippen molar-refractivity contribution in [3.05, 3.63) is 0 Å². The molecule has 0 amide bonds. The van der Waals surface area contributed by atoms with Crippen LogP contribution in [-0.2, 0) is 9.47 Å². The van der Waals surface area contributed by atoms with Gasteiger partial charge in [-0.15, -0.1) is 0 Å². The number of aliphatic hydroxyl groups is 1. The fourth-order valence-electron chi connectivity index (χ4n) is 2.73. The van der Waals surface area contributed by atoms with Crippen molar-refractivity contribution in [2.45, 2.75) is 76.3 Å². The van der Waals surface area contributed by atoms with Crippen molar-refractivity contribution in [1.29, 1.82) is 0 Å². The van der Waals surface area contributed by atoms with Crippen molar-refractivity contribution in [2.75, 3.05) is 6.61 Å². The first kappa shape index (κ1) is 12.3. The second-order valence-electron chi connectivity index (χ2n) is 5.20. The zero-order valence-corrected chi connectivity index (χ0v) is 10.2. The van der Waals surface area contributed by atoms with Crippen LogP contribution in [-0.4, -0.2) is 36.1 Å². The van der Waals surface area contributed by atoms with Gasteiger partial charge in [-0.3, -0.25) is 0 Å². The van der Waals surface area contributed by atoms with Gasteiger partial charge in [0.15, 0.2) is 0 Å². The van der Waals surface area contributed by atoms with Gasteiger partial charge in [0.1, 0.15) is 0 Å². The molecule has 0 aromatic carbocycles. The number of rotatable bonds is 5. The third-order valence-electron chi connectivity index (χ3n) is 3.74. The summed E-state index contributed by atoms with van der Waals surface area (Å²) in [6, 6.07) is 0. The standard InChI is InChI=1S/C13H24O3/c1-10-7-8-13(16-10)12(14)6-2-4-11-5-3-9-15-11/h10-14H,2-9H2,1H3. The summed E-state index contributed by atoms with van der Waals surface area (Å²) in [6.45, 7) is 3.01. The van der Waals surface area contributed by atoms with Crippen LogP contribution < -0.4 is 0 Å². The summed E-state index contributed by atoms with van der Waals surface area (Å²) in [7, 11) is 0. The van der Waals surface area contributed by atoms with E-state index in [-0.39, 0.29) is 12.2 Å². The molecular weight excluding hydrogens is 204 g/mol. The molecule has 16 heavy (non-hydrogen) atoms. The summed E-state index contributed by atoms with van der Waals surface area (Å²) in [5.41, 5.74) is 0. The Morgan fingerprint density at radius 1 is 1.31 bits per heavy atom. The van der Waals surface area contributed by atoms with Gasteiger partial charge < -0.3 is 14.6 Å². The van der Waals surface area contributed by atoms with Gasteiger partial charge in [0.05, 0.1) is 24.4 Å². The predicted molar refractivity (Wildman–Crippen MR) is 62.4 cm³/mol. The first-order valence-corrected chi connectivity index (χ1v) is 6.71. The third-order valence-corrected chi connectivity index (χ3v) is 3.74. The minimum absolute atomic E-state index is 0.0829. The molecule has 0 aromatic rings. The van der Waals surface area contributed by atoms with Crippen LogP contribution in [0.5, 0.6) is 0 Å². The Labute approximate surface area is 98.1 Å². The average molecular weight is 228 g/mol. The summed E-state index contributed by atoms with van der Waals surface area (Å²) in [5.74, 6) is 0. The van der Waals surface area contributed by atoms with Gasteiger partial charge in [-0.2, -0.15) is 0 Å². The third kappa shape index (κ3) is 3.44. The van der Waals surface area contributed by atoms with Gasteiger partial charge in [0.2, 0.25) is 0 Å². The van der Waals surface area contributed by atoms with Crippen LogP contribution in [0.4, 0.5) is 0 Å². The van der Waals surface area contributed by atoms with Gasteiger partial charge >= 0.3 is 0 Å². The topological polar surface area (TPSA) is 38.7 Å².